The summed E-state index contributed by atoms with van der Waals surface area (Å²) in [5.41, 5.74) is 0.784. The highest BCUT2D eigenvalue weighted by Gasteiger charge is 2.35. The second-order valence-corrected chi connectivity index (χ2v) is 10.8. The molecule has 0 N–H and O–H groups in total. The van der Waals surface area contributed by atoms with Crippen molar-refractivity contribution in [2.24, 2.45) is 5.92 Å². The molecule has 0 spiro atoms. The number of nitrogens with zero attached hydrogens (tertiary/aromatic N) is 4. The van der Waals surface area contributed by atoms with E-state index in [4.69, 9.17) is 4.52 Å². The summed E-state index contributed by atoms with van der Waals surface area (Å²) >= 11 is 0. The Morgan fingerprint density at radius 1 is 1.00 bits per heavy atom. The first kappa shape index (κ1) is 24.3. The molecule has 1 aromatic carbocycles. The molecule has 0 unspecified atom stereocenters. The SMILES string of the molecule is Cc1noc(C)c1S(=O)(=O)N1CCC(CC(=O)N2CCN(C(=O)c3ccc(F)cc3)CC2)CC1. The second-order valence-electron chi connectivity index (χ2n) is 8.88. The van der Waals surface area contributed by atoms with Crippen LogP contribution in [0.15, 0.2) is 33.7 Å². The molecule has 3 heterocycles. The molecular formula is C23H29FN4O5S. The van der Waals surface area contributed by atoms with Gasteiger partial charge in [-0.05, 0) is 56.9 Å². The Hall–Kier alpha value is -2.79. The highest BCUT2D eigenvalue weighted by Crippen LogP contribution is 2.29. The van der Waals surface area contributed by atoms with Crippen molar-refractivity contribution < 1.29 is 26.9 Å². The largest absolute Gasteiger partial charge is 0.360 e. The molecule has 9 nitrogen and oxygen atoms in total. The van der Waals surface area contributed by atoms with Crippen molar-refractivity contribution in [3.8, 4) is 0 Å². The number of benzene rings is 1. The zero-order valence-corrected chi connectivity index (χ0v) is 20.2. The smallest absolute Gasteiger partial charge is 0.253 e. The van der Waals surface area contributed by atoms with Gasteiger partial charge < -0.3 is 14.3 Å². The van der Waals surface area contributed by atoms with Crippen LogP contribution in [0, 0.1) is 25.6 Å². The average Bonchev–Trinajstić information content (AvgIpc) is 3.18. The maximum atomic E-state index is 13.1. The predicted octanol–water partition coefficient (Wildman–Crippen LogP) is 2.21. The van der Waals surface area contributed by atoms with Crippen LogP contribution < -0.4 is 0 Å². The van der Waals surface area contributed by atoms with Gasteiger partial charge in [0.05, 0.1) is 0 Å². The van der Waals surface area contributed by atoms with Crippen molar-refractivity contribution in [2.45, 2.75) is 38.0 Å². The number of halogens is 1. The normalized spacial score (nSPS) is 18.3. The third-order valence-corrected chi connectivity index (χ3v) is 8.76. The molecule has 0 saturated carbocycles. The first-order valence-electron chi connectivity index (χ1n) is 11.4. The van der Waals surface area contributed by atoms with E-state index >= 15 is 0 Å². The van der Waals surface area contributed by atoms with Crippen molar-refractivity contribution in [2.75, 3.05) is 39.3 Å². The number of hydrogen-bond donors (Lipinski definition) is 0. The van der Waals surface area contributed by atoms with Crippen LogP contribution in [-0.4, -0.2) is 78.8 Å². The summed E-state index contributed by atoms with van der Waals surface area (Å²) in [6.45, 7) is 5.66. The maximum Gasteiger partial charge on any atom is 0.253 e. The van der Waals surface area contributed by atoms with Gasteiger partial charge in [-0.3, -0.25) is 9.59 Å². The Kier molecular flexibility index (Phi) is 7.04. The summed E-state index contributed by atoms with van der Waals surface area (Å²) in [7, 11) is -3.67. The molecule has 4 rings (SSSR count). The van der Waals surface area contributed by atoms with Gasteiger partial charge >= 0.3 is 0 Å². The number of sulfonamides is 1. The Bertz CT molecular complexity index is 1130. The Balaban J connectivity index is 1.26. The molecule has 184 valence electrons. The van der Waals surface area contributed by atoms with E-state index in [1.165, 1.54) is 28.6 Å². The van der Waals surface area contributed by atoms with Gasteiger partial charge in [-0.25, -0.2) is 12.8 Å². The number of rotatable bonds is 5. The number of piperidine rings is 1. The molecule has 2 aromatic rings. The Morgan fingerprint density at radius 2 is 1.59 bits per heavy atom. The van der Waals surface area contributed by atoms with Gasteiger partial charge in [-0.1, -0.05) is 5.16 Å². The molecule has 0 aliphatic carbocycles. The van der Waals surface area contributed by atoms with Crippen molar-refractivity contribution in [1.82, 2.24) is 19.3 Å². The number of piperazine rings is 1. The molecule has 0 bridgehead atoms. The van der Waals surface area contributed by atoms with Gasteiger partial charge in [0.25, 0.3) is 5.91 Å². The molecule has 2 amide bonds. The van der Waals surface area contributed by atoms with E-state index in [0.29, 0.717) is 69.8 Å². The van der Waals surface area contributed by atoms with Crippen LogP contribution in [0.1, 0.15) is 41.1 Å². The maximum absolute atomic E-state index is 13.1. The van der Waals surface area contributed by atoms with Gasteiger partial charge in [0, 0.05) is 51.3 Å². The van der Waals surface area contributed by atoms with E-state index in [-0.39, 0.29) is 34.2 Å². The van der Waals surface area contributed by atoms with Crippen molar-refractivity contribution in [3.05, 3.63) is 47.1 Å². The minimum atomic E-state index is -3.67. The summed E-state index contributed by atoms with van der Waals surface area (Å²) < 4.78 is 45.5. The molecule has 0 radical (unpaired) electrons. The number of carbonyl (C=O) groups is 2. The summed E-state index contributed by atoms with van der Waals surface area (Å²) in [5.74, 6) is -0.131. The van der Waals surface area contributed by atoms with Crippen LogP contribution in [-0.2, 0) is 14.8 Å². The first-order chi connectivity index (χ1) is 16.2. The fraction of sp³-hybridized carbons (Fsp3) is 0.522. The molecule has 2 saturated heterocycles. The van der Waals surface area contributed by atoms with Crippen LogP contribution in [0.25, 0.3) is 0 Å². The first-order valence-corrected chi connectivity index (χ1v) is 12.9. The van der Waals surface area contributed by atoms with Gasteiger partial charge in [0.1, 0.15) is 16.4 Å². The van der Waals surface area contributed by atoms with Crippen LogP contribution in [0.5, 0.6) is 0 Å². The lowest BCUT2D eigenvalue weighted by atomic mass is 9.94. The molecule has 2 aliphatic heterocycles. The number of aromatic nitrogens is 1. The van der Waals surface area contributed by atoms with E-state index in [9.17, 15) is 22.4 Å². The summed E-state index contributed by atoms with van der Waals surface area (Å²) in [6.07, 6.45) is 1.58. The van der Waals surface area contributed by atoms with Crippen LogP contribution in [0.2, 0.25) is 0 Å². The summed E-state index contributed by atoms with van der Waals surface area (Å²) in [5, 5.41) is 3.75. The van der Waals surface area contributed by atoms with E-state index in [0.717, 1.165) is 0 Å². The monoisotopic (exact) mass is 492 g/mol. The number of aryl methyl sites for hydroxylation is 2. The number of amides is 2. The molecule has 2 aliphatic rings. The van der Waals surface area contributed by atoms with Crippen molar-refractivity contribution in [1.29, 1.82) is 0 Å². The molecule has 2 fully saturated rings. The fourth-order valence-corrected chi connectivity index (χ4v) is 6.40. The third kappa shape index (κ3) is 5.00. The van der Waals surface area contributed by atoms with Crippen LogP contribution in [0.3, 0.4) is 0 Å². The predicted molar refractivity (Wildman–Crippen MR) is 121 cm³/mol. The van der Waals surface area contributed by atoms with Crippen molar-refractivity contribution >= 4 is 21.8 Å². The van der Waals surface area contributed by atoms with E-state index < -0.39 is 10.0 Å². The highest BCUT2D eigenvalue weighted by molar-refractivity contribution is 7.89. The third-order valence-electron chi connectivity index (χ3n) is 6.61. The minimum Gasteiger partial charge on any atom is -0.360 e. The second kappa shape index (κ2) is 9.83. The number of carbonyl (C=O) groups excluding carboxylic acids is 2. The van der Waals surface area contributed by atoms with E-state index in [2.05, 4.69) is 5.16 Å². The quantitative estimate of drug-likeness (QED) is 0.634. The zero-order valence-electron chi connectivity index (χ0n) is 19.4. The van der Waals surface area contributed by atoms with Crippen LogP contribution in [0.4, 0.5) is 4.39 Å². The van der Waals surface area contributed by atoms with Gasteiger partial charge in [0.2, 0.25) is 15.9 Å². The average molecular weight is 493 g/mol. The standard InChI is InChI=1S/C23H29FN4O5S/c1-16-22(17(2)33-25-16)34(31,32)28-9-7-18(8-10-28)15-21(29)26-11-13-27(14-12-26)23(30)19-3-5-20(24)6-4-19/h3-6,18H,7-15H2,1-2H3. The Labute approximate surface area is 198 Å². The van der Waals surface area contributed by atoms with E-state index in [1.54, 1.807) is 23.6 Å². The summed E-state index contributed by atoms with van der Waals surface area (Å²) in [4.78, 5) is 29.0. The zero-order chi connectivity index (χ0) is 24.5. The number of hydrogen-bond acceptors (Lipinski definition) is 6. The lowest BCUT2D eigenvalue weighted by molar-refractivity contribution is -0.134. The van der Waals surface area contributed by atoms with Gasteiger partial charge in [-0.2, -0.15) is 4.31 Å². The topological polar surface area (TPSA) is 104 Å². The summed E-state index contributed by atoms with van der Waals surface area (Å²) in [6, 6.07) is 5.46. The lowest BCUT2D eigenvalue weighted by Crippen LogP contribution is -2.51. The fourth-order valence-electron chi connectivity index (χ4n) is 4.64. The highest BCUT2D eigenvalue weighted by atomic mass is 32.2. The minimum absolute atomic E-state index is 0.0286. The lowest BCUT2D eigenvalue weighted by Gasteiger charge is -2.36. The molecule has 34 heavy (non-hydrogen) atoms. The molecule has 11 heteroatoms. The molecule has 0 atom stereocenters. The van der Waals surface area contributed by atoms with Gasteiger partial charge in [-0.15, -0.1) is 0 Å². The van der Waals surface area contributed by atoms with E-state index in [1.807, 2.05) is 0 Å². The molecular weight excluding hydrogens is 463 g/mol. The van der Waals surface area contributed by atoms with Crippen LogP contribution >= 0.6 is 0 Å². The van der Waals surface area contributed by atoms with Crippen molar-refractivity contribution in [3.63, 3.8) is 0 Å². The molecule has 1 aromatic heterocycles. The Morgan fingerprint density at radius 3 is 2.15 bits per heavy atom. The van der Waals surface area contributed by atoms with Gasteiger partial charge in [0.15, 0.2) is 5.76 Å².